The van der Waals surface area contributed by atoms with E-state index in [4.69, 9.17) is 0 Å². The highest BCUT2D eigenvalue weighted by Gasteiger charge is 2.33. The first kappa shape index (κ1) is 13.0. The van der Waals surface area contributed by atoms with Gasteiger partial charge in [-0.05, 0) is 53.4 Å². The van der Waals surface area contributed by atoms with Gasteiger partial charge in [0.15, 0.2) is 0 Å². The monoisotopic (exact) mass is 303 g/mol. The second kappa shape index (κ2) is 5.02. The minimum Gasteiger partial charge on any atom is -0.302 e. The van der Waals surface area contributed by atoms with Gasteiger partial charge < -0.3 is 4.90 Å². The second-order valence-electron chi connectivity index (χ2n) is 4.99. The molecule has 2 unspecified atom stereocenters. The van der Waals surface area contributed by atoms with Crippen LogP contribution in [-0.4, -0.2) is 18.5 Å². The van der Waals surface area contributed by atoms with E-state index in [2.05, 4.69) is 22.9 Å². The molecule has 0 saturated heterocycles. The van der Waals surface area contributed by atoms with E-state index >= 15 is 0 Å². The van der Waals surface area contributed by atoms with Crippen LogP contribution in [0.4, 0.5) is 8.78 Å². The predicted molar refractivity (Wildman–Crippen MR) is 67.7 cm³/mol. The normalized spacial score (nSPS) is 23.2. The molecule has 0 amide bonds. The van der Waals surface area contributed by atoms with Gasteiger partial charge in [0.25, 0.3) is 0 Å². The molecule has 1 aromatic carbocycles. The Morgan fingerprint density at radius 2 is 2.06 bits per heavy atom. The summed E-state index contributed by atoms with van der Waals surface area (Å²) in [6.45, 7) is 3.44. The second-order valence-corrected chi connectivity index (χ2v) is 5.85. The molecule has 1 nitrogen and oxygen atoms in total. The van der Waals surface area contributed by atoms with Gasteiger partial charge in [0.1, 0.15) is 11.6 Å². The Balaban J connectivity index is 2.04. The summed E-state index contributed by atoms with van der Waals surface area (Å²) in [6.07, 6.45) is 1.23. The summed E-state index contributed by atoms with van der Waals surface area (Å²) in [5, 5.41) is 0. The van der Waals surface area contributed by atoms with Gasteiger partial charge in [-0.25, -0.2) is 8.78 Å². The highest BCUT2D eigenvalue weighted by atomic mass is 79.9. The van der Waals surface area contributed by atoms with Crippen molar-refractivity contribution in [3.8, 4) is 0 Å². The lowest BCUT2D eigenvalue weighted by Gasteiger charge is -2.17. The summed E-state index contributed by atoms with van der Waals surface area (Å²) in [5.74, 6) is 0.495. The third-order valence-corrected chi connectivity index (χ3v) is 4.00. The highest BCUT2D eigenvalue weighted by molar-refractivity contribution is 9.10. The predicted octanol–water partition coefficient (Wildman–Crippen LogP) is 3.82. The van der Waals surface area contributed by atoms with Crippen LogP contribution in [0.5, 0.6) is 0 Å². The van der Waals surface area contributed by atoms with E-state index in [9.17, 15) is 8.78 Å². The molecule has 0 spiro atoms. The third-order valence-electron chi connectivity index (χ3n) is 3.39. The van der Waals surface area contributed by atoms with Crippen molar-refractivity contribution < 1.29 is 8.78 Å². The average Bonchev–Trinajstić information content (AvgIpc) is 2.95. The molecular weight excluding hydrogens is 288 g/mol. The van der Waals surface area contributed by atoms with Gasteiger partial charge in [0.05, 0.1) is 4.47 Å². The molecule has 17 heavy (non-hydrogen) atoms. The minimum atomic E-state index is -0.485. The van der Waals surface area contributed by atoms with Crippen LogP contribution in [0.2, 0.25) is 0 Å². The molecule has 0 aliphatic heterocycles. The van der Waals surface area contributed by atoms with E-state index in [0.29, 0.717) is 16.9 Å². The third kappa shape index (κ3) is 3.05. The lowest BCUT2D eigenvalue weighted by Crippen LogP contribution is -2.22. The Kier molecular flexibility index (Phi) is 3.83. The zero-order valence-electron chi connectivity index (χ0n) is 10.0. The van der Waals surface area contributed by atoms with Gasteiger partial charge >= 0.3 is 0 Å². The summed E-state index contributed by atoms with van der Waals surface area (Å²) in [6, 6.07) is 2.70. The number of nitrogens with zero attached hydrogens (tertiary/aromatic N) is 1. The van der Waals surface area contributed by atoms with E-state index in [1.54, 1.807) is 0 Å². The van der Waals surface area contributed by atoms with Crippen LogP contribution in [0.25, 0.3) is 0 Å². The maximum Gasteiger partial charge on any atom is 0.144 e. The summed E-state index contributed by atoms with van der Waals surface area (Å²) in [7, 11) is 1.91. The first-order valence-electron chi connectivity index (χ1n) is 5.80. The lowest BCUT2D eigenvalue weighted by molar-refractivity contribution is 0.297. The lowest BCUT2D eigenvalue weighted by atomic mass is 10.2. The van der Waals surface area contributed by atoms with E-state index < -0.39 is 11.6 Å². The molecule has 2 rings (SSSR count). The summed E-state index contributed by atoms with van der Waals surface area (Å²) >= 11 is 3.08. The standard InChI is InChI=1S/C13H16BrF2N/c1-8-5-9(8)6-17(2)7-10-12(15)4-3-11(14)13(10)16/h3-4,8-9H,5-7H2,1-2H3. The van der Waals surface area contributed by atoms with Crippen molar-refractivity contribution in [2.75, 3.05) is 13.6 Å². The molecular formula is C13H16BrF2N. The van der Waals surface area contributed by atoms with Gasteiger partial charge in [-0.2, -0.15) is 0 Å². The summed E-state index contributed by atoms with van der Waals surface area (Å²) in [5.41, 5.74) is 0.148. The molecule has 1 aliphatic rings. The van der Waals surface area contributed by atoms with Crippen molar-refractivity contribution in [1.82, 2.24) is 4.90 Å². The number of rotatable bonds is 4. The zero-order chi connectivity index (χ0) is 12.6. The molecule has 0 heterocycles. The molecule has 0 radical (unpaired) electrons. The Hall–Kier alpha value is -0.480. The molecule has 94 valence electrons. The molecule has 0 N–H and O–H groups in total. The molecule has 4 heteroatoms. The first-order valence-corrected chi connectivity index (χ1v) is 6.59. The van der Waals surface area contributed by atoms with Crippen molar-refractivity contribution in [1.29, 1.82) is 0 Å². The van der Waals surface area contributed by atoms with Crippen molar-refractivity contribution >= 4 is 15.9 Å². The number of hydrogen-bond donors (Lipinski definition) is 0. The van der Waals surface area contributed by atoms with Gasteiger partial charge in [0.2, 0.25) is 0 Å². The molecule has 0 aromatic heterocycles. The van der Waals surface area contributed by atoms with Crippen LogP contribution >= 0.6 is 15.9 Å². The summed E-state index contributed by atoms with van der Waals surface area (Å²) < 4.78 is 27.6. The number of hydrogen-bond acceptors (Lipinski definition) is 1. The fourth-order valence-corrected chi connectivity index (χ4v) is 2.47. The van der Waals surface area contributed by atoms with Gasteiger partial charge in [-0.15, -0.1) is 0 Å². The fourth-order valence-electron chi connectivity index (χ4n) is 2.10. The molecule has 1 aliphatic carbocycles. The Morgan fingerprint density at radius 3 is 2.65 bits per heavy atom. The fraction of sp³-hybridized carbons (Fsp3) is 0.538. The molecule has 2 atom stereocenters. The van der Waals surface area contributed by atoms with Crippen LogP contribution in [0.1, 0.15) is 18.9 Å². The van der Waals surface area contributed by atoms with Crippen LogP contribution in [0, 0.1) is 23.5 Å². The Bertz CT molecular complexity index is 422. The van der Waals surface area contributed by atoms with Crippen LogP contribution in [0.15, 0.2) is 16.6 Å². The van der Waals surface area contributed by atoms with Crippen molar-refractivity contribution in [2.24, 2.45) is 11.8 Å². The van der Waals surface area contributed by atoms with E-state index in [-0.39, 0.29) is 5.56 Å². The molecule has 1 aromatic rings. The SMILES string of the molecule is CC1CC1CN(C)Cc1c(F)ccc(Br)c1F. The largest absolute Gasteiger partial charge is 0.302 e. The Labute approximate surface area is 109 Å². The van der Waals surface area contributed by atoms with Gasteiger partial charge in [-0.1, -0.05) is 6.92 Å². The van der Waals surface area contributed by atoms with Crippen LogP contribution < -0.4 is 0 Å². The number of benzene rings is 1. The molecule has 0 bridgehead atoms. The number of halogens is 3. The van der Waals surface area contributed by atoms with Gasteiger partial charge in [-0.3, -0.25) is 0 Å². The topological polar surface area (TPSA) is 3.24 Å². The van der Waals surface area contributed by atoms with E-state index in [1.165, 1.54) is 18.6 Å². The smallest absolute Gasteiger partial charge is 0.144 e. The molecule has 1 saturated carbocycles. The first-order chi connectivity index (χ1) is 7.99. The maximum atomic E-state index is 13.7. The quantitative estimate of drug-likeness (QED) is 0.765. The Morgan fingerprint density at radius 1 is 1.41 bits per heavy atom. The van der Waals surface area contributed by atoms with Crippen molar-refractivity contribution in [3.63, 3.8) is 0 Å². The van der Waals surface area contributed by atoms with Gasteiger partial charge in [0, 0.05) is 18.7 Å². The minimum absolute atomic E-state index is 0.148. The highest BCUT2D eigenvalue weighted by Crippen LogP contribution is 2.38. The van der Waals surface area contributed by atoms with Crippen molar-refractivity contribution in [2.45, 2.75) is 19.9 Å². The van der Waals surface area contributed by atoms with E-state index in [0.717, 1.165) is 12.5 Å². The van der Waals surface area contributed by atoms with E-state index in [1.807, 2.05) is 11.9 Å². The van der Waals surface area contributed by atoms with Crippen LogP contribution in [-0.2, 0) is 6.54 Å². The zero-order valence-corrected chi connectivity index (χ0v) is 11.6. The summed E-state index contributed by atoms with van der Waals surface area (Å²) in [4.78, 5) is 1.99. The van der Waals surface area contributed by atoms with Crippen molar-refractivity contribution in [3.05, 3.63) is 33.8 Å². The van der Waals surface area contributed by atoms with Crippen LogP contribution in [0.3, 0.4) is 0 Å². The molecule has 1 fully saturated rings. The maximum absolute atomic E-state index is 13.7. The average molecular weight is 304 g/mol.